The van der Waals surface area contributed by atoms with Crippen molar-refractivity contribution in [1.29, 1.82) is 5.26 Å². The average molecular weight is 414 g/mol. The molecule has 0 fully saturated rings. The zero-order valence-electron chi connectivity index (χ0n) is 18.2. The highest BCUT2D eigenvalue weighted by Gasteiger charge is 2.09. The van der Waals surface area contributed by atoms with Crippen molar-refractivity contribution in [2.45, 2.75) is 13.8 Å². The van der Waals surface area contributed by atoms with Crippen LogP contribution in [0.3, 0.4) is 0 Å². The van der Waals surface area contributed by atoms with E-state index in [1.54, 1.807) is 7.05 Å². The Bertz CT molecular complexity index is 1000. The van der Waals surface area contributed by atoms with Crippen molar-refractivity contribution in [1.82, 2.24) is 14.5 Å². The van der Waals surface area contributed by atoms with Crippen molar-refractivity contribution in [3.63, 3.8) is 0 Å². The van der Waals surface area contributed by atoms with Gasteiger partial charge in [0.1, 0.15) is 5.82 Å². The molecule has 1 aromatic carbocycles. The number of aromatic nitrogens is 2. The highest BCUT2D eigenvalue weighted by atomic mass is 16.2. The molecule has 1 heterocycles. The Hall–Kier alpha value is -3.25. The van der Waals surface area contributed by atoms with E-state index in [2.05, 4.69) is 40.8 Å². The predicted octanol–water partition coefficient (Wildman–Crippen LogP) is 0.915. The Kier molecular flexibility index (Phi) is 8.50. The van der Waals surface area contributed by atoms with Gasteiger partial charge in [0.25, 0.3) is 5.56 Å². The van der Waals surface area contributed by atoms with Crippen molar-refractivity contribution in [3.8, 4) is 6.07 Å². The van der Waals surface area contributed by atoms with Gasteiger partial charge in [-0.2, -0.15) is 5.26 Å². The highest BCUT2D eigenvalue weighted by molar-refractivity contribution is 5.72. The fourth-order valence-electron chi connectivity index (χ4n) is 3.17. The lowest BCUT2D eigenvalue weighted by Gasteiger charge is -2.25. The van der Waals surface area contributed by atoms with Crippen molar-refractivity contribution >= 4 is 17.2 Å². The van der Waals surface area contributed by atoms with Crippen LogP contribution >= 0.6 is 0 Å². The molecular weight excluding hydrogens is 382 g/mol. The van der Waals surface area contributed by atoms with E-state index in [0.717, 1.165) is 42.1 Å². The first-order valence-electron chi connectivity index (χ1n) is 10.2. The van der Waals surface area contributed by atoms with E-state index < -0.39 is 0 Å². The van der Waals surface area contributed by atoms with Gasteiger partial charge in [-0.05, 0) is 32.0 Å². The fraction of sp³-hybridized carbons (Fsp3) is 0.476. The normalized spacial score (nSPS) is 10.5. The van der Waals surface area contributed by atoms with E-state index in [0.29, 0.717) is 24.5 Å². The third-order valence-electron chi connectivity index (χ3n) is 4.98. The largest absolute Gasteiger partial charge is 0.382 e. The van der Waals surface area contributed by atoms with Gasteiger partial charge in [-0.3, -0.25) is 13.9 Å². The fourth-order valence-corrected chi connectivity index (χ4v) is 3.17. The number of hydrogen-bond donors (Lipinski definition) is 3. The summed E-state index contributed by atoms with van der Waals surface area (Å²) < 4.78 is 2.49. The molecule has 9 heteroatoms. The first-order valence-corrected chi connectivity index (χ1v) is 10.2. The average Bonchev–Trinajstić information content (AvgIpc) is 2.76. The van der Waals surface area contributed by atoms with E-state index in [1.807, 2.05) is 18.2 Å². The van der Waals surface area contributed by atoms with E-state index in [1.165, 1.54) is 17.7 Å². The second-order valence-electron chi connectivity index (χ2n) is 6.89. The molecule has 9 nitrogen and oxygen atoms in total. The molecule has 0 aliphatic carbocycles. The molecule has 2 aromatic rings. The van der Waals surface area contributed by atoms with Crippen molar-refractivity contribution in [2.24, 2.45) is 14.1 Å². The minimum Gasteiger partial charge on any atom is -0.382 e. The van der Waals surface area contributed by atoms with Crippen LogP contribution in [0.4, 0.5) is 17.2 Å². The highest BCUT2D eigenvalue weighted by Crippen LogP contribution is 2.27. The summed E-state index contributed by atoms with van der Waals surface area (Å²) in [5.41, 5.74) is 2.01. The van der Waals surface area contributed by atoms with Crippen LogP contribution in [0.25, 0.3) is 0 Å². The summed E-state index contributed by atoms with van der Waals surface area (Å²) in [6.07, 6.45) is 0. The van der Waals surface area contributed by atoms with Crippen molar-refractivity contribution in [3.05, 3.63) is 50.7 Å². The zero-order chi connectivity index (χ0) is 22.1. The lowest BCUT2D eigenvalue weighted by Crippen LogP contribution is -2.38. The molecule has 0 spiro atoms. The molecule has 0 saturated heterocycles. The molecule has 162 valence electrons. The van der Waals surface area contributed by atoms with Gasteiger partial charge in [-0.15, -0.1) is 0 Å². The van der Waals surface area contributed by atoms with Crippen LogP contribution in [-0.4, -0.2) is 48.4 Å². The smallest absolute Gasteiger partial charge is 0.332 e. The molecule has 3 N–H and O–H groups in total. The van der Waals surface area contributed by atoms with Gasteiger partial charge in [-0.1, -0.05) is 0 Å². The Morgan fingerprint density at radius 2 is 1.63 bits per heavy atom. The van der Waals surface area contributed by atoms with Crippen LogP contribution in [0.1, 0.15) is 19.4 Å². The van der Waals surface area contributed by atoms with Gasteiger partial charge in [0, 0.05) is 59.4 Å². The second-order valence-corrected chi connectivity index (χ2v) is 6.89. The minimum absolute atomic E-state index is 0.329. The summed E-state index contributed by atoms with van der Waals surface area (Å²) in [5, 5.41) is 19.0. The minimum atomic E-state index is -0.353. The lowest BCUT2D eigenvalue weighted by atomic mass is 10.1. The van der Waals surface area contributed by atoms with Gasteiger partial charge < -0.3 is 20.9 Å². The summed E-state index contributed by atoms with van der Waals surface area (Å²) >= 11 is 0. The molecule has 0 bridgehead atoms. The molecule has 0 aliphatic rings. The number of rotatable bonds is 11. The van der Waals surface area contributed by atoms with Crippen LogP contribution in [0.2, 0.25) is 0 Å². The molecule has 0 saturated carbocycles. The van der Waals surface area contributed by atoms with Gasteiger partial charge in [-0.25, -0.2) is 4.79 Å². The SMILES string of the molecule is CCN(CC)c1cc(C#N)ccc1NCCNCCNc1cc(=O)n(C)c(=O)n1C. The van der Waals surface area contributed by atoms with Crippen molar-refractivity contribution in [2.75, 3.05) is 54.8 Å². The van der Waals surface area contributed by atoms with E-state index in [9.17, 15) is 14.9 Å². The third-order valence-corrected chi connectivity index (χ3v) is 4.98. The van der Waals surface area contributed by atoms with Crippen LogP contribution < -0.4 is 32.1 Å². The molecule has 0 unspecified atom stereocenters. The molecule has 2 rings (SSSR count). The molecule has 0 radical (unpaired) electrons. The second kappa shape index (κ2) is 11.1. The summed E-state index contributed by atoms with van der Waals surface area (Å²) in [6.45, 7) is 8.67. The molecule has 0 aliphatic heterocycles. The van der Waals surface area contributed by atoms with Crippen molar-refractivity contribution < 1.29 is 0 Å². The number of nitrogens with one attached hydrogen (secondary N) is 3. The first kappa shape index (κ1) is 23.0. The van der Waals surface area contributed by atoms with Gasteiger partial charge in [0.05, 0.1) is 23.0 Å². The van der Waals surface area contributed by atoms with Crippen LogP contribution in [0.5, 0.6) is 0 Å². The maximum atomic E-state index is 11.9. The molecule has 0 atom stereocenters. The van der Waals surface area contributed by atoms with E-state index >= 15 is 0 Å². The summed E-state index contributed by atoms with van der Waals surface area (Å²) in [6, 6.07) is 9.31. The maximum absolute atomic E-state index is 11.9. The topological polar surface area (TPSA) is 107 Å². The Labute approximate surface area is 176 Å². The number of nitriles is 1. The Balaban J connectivity index is 1.82. The number of anilines is 3. The maximum Gasteiger partial charge on any atom is 0.332 e. The molecular formula is C21H31N7O2. The summed E-state index contributed by atoms with van der Waals surface area (Å²) in [5.74, 6) is 0.504. The number of benzene rings is 1. The lowest BCUT2D eigenvalue weighted by molar-refractivity contribution is 0.679. The molecule has 0 amide bonds. The van der Waals surface area contributed by atoms with Crippen LogP contribution in [-0.2, 0) is 14.1 Å². The summed E-state index contributed by atoms with van der Waals surface area (Å²) in [7, 11) is 3.09. The third kappa shape index (κ3) is 5.64. The van der Waals surface area contributed by atoms with Crippen LogP contribution in [0, 0.1) is 11.3 Å². The quantitative estimate of drug-likeness (QED) is 0.470. The van der Waals surface area contributed by atoms with E-state index in [-0.39, 0.29) is 11.2 Å². The summed E-state index contributed by atoms with van der Waals surface area (Å²) in [4.78, 5) is 25.9. The zero-order valence-corrected chi connectivity index (χ0v) is 18.2. The van der Waals surface area contributed by atoms with Gasteiger partial charge in [0.2, 0.25) is 0 Å². The molecule has 30 heavy (non-hydrogen) atoms. The Morgan fingerprint density at radius 3 is 2.27 bits per heavy atom. The number of nitrogens with zero attached hydrogens (tertiary/aromatic N) is 4. The van der Waals surface area contributed by atoms with Crippen LogP contribution in [0.15, 0.2) is 33.9 Å². The monoisotopic (exact) mass is 413 g/mol. The Morgan fingerprint density at radius 1 is 0.967 bits per heavy atom. The van der Waals surface area contributed by atoms with Gasteiger partial charge in [0.15, 0.2) is 0 Å². The number of hydrogen-bond acceptors (Lipinski definition) is 7. The van der Waals surface area contributed by atoms with Gasteiger partial charge >= 0.3 is 5.69 Å². The molecule has 1 aromatic heterocycles. The standard InChI is InChI=1S/C21H31N7O2/c1-5-28(6-2)18-13-16(15-22)7-8-17(18)24-11-9-23-10-12-25-19-14-20(29)27(4)21(30)26(19)3/h7-8,13-14,23-25H,5-6,9-12H2,1-4H3. The first-order chi connectivity index (χ1) is 14.4. The predicted molar refractivity (Wildman–Crippen MR) is 121 cm³/mol. The van der Waals surface area contributed by atoms with E-state index in [4.69, 9.17) is 0 Å².